The van der Waals surface area contributed by atoms with Gasteiger partial charge in [0.2, 0.25) is 5.91 Å². The highest BCUT2D eigenvalue weighted by Crippen LogP contribution is 2.37. The summed E-state index contributed by atoms with van der Waals surface area (Å²) in [6.07, 6.45) is 5.60. The molecule has 2 N–H and O–H groups in total. The Morgan fingerprint density at radius 3 is 2.89 bits per heavy atom. The minimum Gasteiger partial charge on any atom is -0.342 e. The SMILES string of the molecule is CCCCSCCC(=O)N1CC2CCC(N)C2C1. The lowest BCUT2D eigenvalue weighted by molar-refractivity contribution is -0.130. The van der Waals surface area contributed by atoms with Crippen molar-refractivity contribution in [1.82, 2.24) is 4.90 Å². The fourth-order valence-corrected chi connectivity index (χ4v) is 4.19. The predicted octanol–water partition coefficient (Wildman–Crippen LogP) is 2.11. The number of carbonyl (C=O) groups is 1. The van der Waals surface area contributed by atoms with Gasteiger partial charge in [0.1, 0.15) is 0 Å². The van der Waals surface area contributed by atoms with Gasteiger partial charge in [-0.2, -0.15) is 11.8 Å². The number of amides is 1. The van der Waals surface area contributed by atoms with E-state index in [-0.39, 0.29) is 0 Å². The molecule has 1 saturated heterocycles. The van der Waals surface area contributed by atoms with E-state index in [0.717, 1.165) is 25.3 Å². The average molecular weight is 270 g/mol. The number of hydrogen-bond acceptors (Lipinski definition) is 3. The smallest absolute Gasteiger partial charge is 0.223 e. The number of unbranched alkanes of at least 4 members (excludes halogenated alkanes) is 1. The summed E-state index contributed by atoms with van der Waals surface area (Å²) >= 11 is 1.91. The lowest BCUT2D eigenvalue weighted by Crippen LogP contribution is -2.33. The van der Waals surface area contributed by atoms with Crippen LogP contribution < -0.4 is 5.73 Å². The Labute approximate surface area is 115 Å². The van der Waals surface area contributed by atoms with Crippen molar-refractivity contribution in [2.75, 3.05) is 24.6 Å². The molecule has 0 radical (unpaired) electrons. The van der Waals surface area contributed by atoms with Crippen LogP contribution >= 0.6 is 11.8 Å². The minimum atomic E-state index is 0.340. The zero-order chi connectivity index (χ0) is 13.0. The maximum absolute atomic E-state index is 12.1. The van der Waals surface area contributed by atoms with Gasteiger partial charge in [0, 0.05) is 31.3 Å². The zero-order valence-electron chi connectivity index (χ0n) is 11.4. The van der Waals surface area contributed by atoms with E-state index in [2.05, 4.69) is 11.8 Å². The largest absolute Gasteiger partial charge is 0.342 e. The van der Waals surface area contributed by atoms with E-state index in [0.29, 0.717) is 30.2 Å². The first-order chi connectivity index (χ1) is 8.72. The van der Waals surface area contributed by atoms with Crippen LogP contribution in [0.2, 0.25) is 0 Å². The molecule has 3 atom stereocenters. The maximum Gasteiger partial charge on any atom is 0.223 e. The van der Waals surface area contributed by atoms with Gasteiger partial charge in [-0.05, 0) is 36.9 Å². The number of fused-ring (bicyclic) bond motifs is 1. The highest BCUT2D eigenvalue weighted by Gasteiger charge is 2.42. The fraction of sp³-hybridized carbons (Fsp3) is 0.929. The van der Waals surface area contributed by atoms with Gasteiger partial charge in [0.25, 0.3) is 0 Å². The van der Waals surface area contributed by atoms with Crippen molar-refractivity contribution in [2.45, 2.75) is 45.1 Å². The van der Waals surface area contributed by atoms with E-state index in [1.54, 1.807) is 0 Å². The normalized spacial score (nSPS) is 30.8. The average Bonchev–Trinajstić information content (AvgIpc) is 2.92. The number of nitrogens with zero attached hydrogens (tertiary/aromatic N) is 1. The van der Waals surface area contributed by atoms with Crippen LogP contribution in [-0.2, 0) is 4.79 Å². The van der Waals surface area contributed by atoms with E-state index in [1.165, 1.54) is 25.0 Å². The van der Waals surface area contributed by atoms with Gasteiger partial charge in [-0.1, -0.05) is 13.3 Å². The Morgan fingerprint density at radius 1 is 1.33 bits per heavy atom. The van der Waals surface area contributed by atoms with Gasteiger partial charge in [-0.3, -0.25) is 4.79 Å². The van der Waals surface area contributed by atoms with Crippen LogP contribution in [0.25, 0.3) is 0 Å². The van der Waals surface area contributed by atoms with Crippen molar-refractivity contribution in [3.63, 3.8) is 0 Å². The fourth-order valence-electron chi connectivity index (χ4n) is 3.18. The van der Waals surface area contributed by atoms with Gasteiger partial charge in [0.05, 0.1) is 0 Å². The Balaban J connectivity index is 1.65. The molecule has 0 bridgehead atoms. The molecule has 1 saturated carbocycles. The van der Waals surface area contributed by atoms with Crippen molar-refractivity contribution in [1.29, 1.82) is 0 Å². The molecule has 0 aromatic carbocycles. The van der Waals surface area contributed by atoms with Crippen molar-refractivity contribution in [2.24, 2.45) is 17.6 Å². The molecule has 3 unspecified atom stereocenters. The number of likely N-dealkylation sites (tertiary alicyclic amines) is 1. The van der Waals surface area contributed by atoms with E-state index in [9.17, 15) is 4.79 Å². The molecule has 0 aromatic heterocycles. The predicted molar refractivity (Wildman–Crippen MR) is 77.6 cm³/mol. The first kappa shape index (κ1) is 14.2. The van der Waals surface area contributed by atoms with Crippen LogP contribution in [0.4, 0.5) is 0 Å². The molecule has 2 rings (SSSR count). The quantitative estimate of drug-likeness (QED) is 0.752. The van der Waals surface area contributed by atoms with Gasteiger partial charge in [0.15, 0.2) is 0 Å². The van der Waals surface area contributed by atoms with Crippen LogP contribution in [0.15, 0.2) is 0 Å². The maximum atomic E-state index is 12.1. The summed E-state index contributed by atoms with van der Waals surface area (Å²) in [7, 11) is 0. The molecule has 0 spiro atoms. The third-order valence-corrected chi connectivity index (χ3v) is 5.44. The summed E-state index contributed by atoms with van der Waals surface area (Å²) in [4.78, 5) is 14.2. The van der Waals surface area contributed by atoms with Gasteiger partial charge in [-0.25, -0.2) is 0 Å². The molecule has 2 fully saturated rings. The van der Waals surface area contributed by atoms with Crippen LogP contribution in [0.5, 0.6) is 0 Å². The van der Waals surface area contributed by atoms with Crippen molar-refractivity contribution < 1.29 is 4.79 Å². The van der Waals surface area contributed by atoms with Crippen LogP contribution in [0.1, 0.15) is 39.0 Å². The second-order valence-electron chi connectivity index (χ2n) is 5.68. The highest BCUT2D eigenvalue weighted by atomic mass is 32.2. The number of thioether (sulfide) groups is 1. The van der Waals surface area contributed by atoms with Gasteiger partial charge in [-0.15, -0.1) is 0 Å². The van der Waals surface area contributed by atoms with E-state index < -0.39 is 0 Å². The van der Waals surface area contributed by atoms with Crippen molar-refractivity contribution in [3.8, 4) is 0 Å². The second-order valence-corrected chi connectivity index (χ2v) is 6.90. The Kier molecular flexibility index (Phi) is 5.37. The molecule has 1 amide bonds. The molecule has 2 aliphatic rings. The summed E-state index contributed by atoms with van der Waals surface area (Å²) in [6.45, 7) is 4.10. The van der Waals surface area contributed by atoms with E-state index in [1.807, 2.05) is 11.8 Å². The molecule has 104 valence electrons. The Bertz CT molecular complexity index is 285. The van der Waals surface area contributed by atoms with Crippen LogP contribution in [-0.4, -0.2) is 41.4 Å². The second kappa shape index (κ2) is 6.80. The minimum absolute atomic E-state index is 0.340. The summed E-state index contributed by atoms with van der Waals surface area (Å²) in [5.74, 6) is 3.80. The molecule has 3 nitrogen and oxygen atoms in total. The topological polar surface area (TPSA) is 46.3 Å². The third kappa shape index (κ3) is 3.41. The Morgan fingerprint density at radius 2 is 2.17 bits per heavy atom. The third-order valence-electron chi connectivity index (χ3n) is 4.37. The Hall–Kier alpha value is -0.220. The molecular weight excluding hydrogens is 244 g/mol. The molecule has 1 aliphatic carbocycles. The highest BCUT2D eigenvalue weighted by molar-refractivity contribution is 7.99. The van der Waals surface area contributed by atoms with Gasteiger partial charge >= 0.3 is 0 Å². The lowest BCUT2D eigenvalue weighted by Gasteiger charge is -2.18. The lowest BCUT2D eigenvalue weighted by atomic mass is 9.98. The summed E-state index contributed by atoms with van der Waals surface area (Å²) in [6, 6.07) is 0.340. The molecule has 0 aromatic rings. The first-order valence-electron chi connectivity index (χ1n) is 7.33. The van der Waals surface area contributed by atoms with Crippen LogP contribution in [0.3, 0.4) is 0 Å². The van der Waals surface area contributed by atoms with Crippen molar-refractivity contribution in [3.05, 3.63) is 0 Å². The zero-order valence-corrected chi connectivity index (χ0v) is 12.3. The molecule has 4 heteroatoms. The summed E-state index contributed by atoms with van der Waals surface area (Å²) in [5, 5.41) is 0. The number of nitrogens with two attached hydrogens (primary N) is 1. The van der Waals surface area contributed by atoms with Crippen molar-refractivity contribution >= 4 is 17.7 Å². The number of hydrogen-bond donors (Lipinski definition) is 1. The van der Waals surface area contributed by atoms with Crippen LogP contribution in [0, 0.1) is 11.8 Å². The summed E-state index contributed by atoms with van der Waals surface area (Å²) in [5.41, 5.74) is 6.10. The van der Waals surface area contributed by atoms with Gasteiger partial charge < -0.3 is 10.6 Å². The first-order valence-corrected chi connectivity index (χ1v) is 8.49. The number of rotatable bonds is 6. The number of carbonyl (C=O) groups excluding carboxylic acids is 1. The molecular formula is C14H26N2OS. The monoisotopic (exact) mass is 270 g/mol. The standard InChI is InChI=1S/C14H26N2OS/c1-2-3-7-18-8-6-14(17)16-9-11-4-5-13(15)12(11)10-16/h11-13H,2-10,15H2,1H3. The summed E-state index contributed by atoms with van der Waals surface area (Å²) < 4.78 is 0. The molecule has 1 aliphatic heterocycles. The molecule has 18 heavy (non-hydrogen) atoms. The van der Waals surface area contributed by atoms with E-state index in [4.69, 9.17) is 5.73 Å². The molecule has 1 heterocycles. The van der Waals surface area contributed by atoms with E-state index >= 15 is 0 Å².